The number of hydrogen-bond acceptors (Lipinski definition) is 6. The monoisotopic (exact) mass is 420 g/mol. The van der Waals surface area contributed by atoms with Crippen molar-refractivity contribution >= 4 is 17.3 Å². The molecular formula is C20H18ClFN2O5. The SMILES string of the molecule is O=[N+]([O-])c1cc(Cl)cc2c1OC(=CCOc1ccc(F)cc1)C2N1CCOCC1. The predicted octanol–water partition coefficient (Wildman–Crippen LogP) is 4.12. The fraction of sp³-hybridized carbons (Fsp3) is 0.300. The fourth-order valence-corrected chi connectivity index (χ4v) is 3.71. The Balaban J connectivity index is 1.63. The molecule has 0 amide bonds. The van der Waals surface area contributed by atoms with Crippen LogP contribution >= 0.6 is 11.6 Å². The molecule has 1 atom stereocenters. The maximum atomic E-state index is 13.0. The van der Waals surface area contributed by atoms with Crippen LogP contribution in [-0.4, -0.2) is 42.7 Å². The van der Waals surface area contributed by atoms with Crippen molar-refractivity contribution in [1.82, 2.24) is 4.90 Å². The van der Waals surface area contributed by atoms with E-state index in [0.717, 1.165) is 0 Å². The summed E-state index contributed by atoms with van der Waals surface area (Å²) < 4.78 is 30.0. The Morgan fingerprint density at radius 1 is 1.28 bits per heavy atom. The van der Waals surface area contributed by atoms with Crippen LogP contribution in [-0.2, 0) is 4.74 Å². The van der Waals surface area contributed by atoms with Gasteiger partial charge in [0.05, 0.1) is 24.2 Å². The minimum absolute atomic E-state index is 0.164. The van der Waals surface area contributed by atoms with Gasteiger partial charge in [-0.15, -0.1) is 0 Å². The molecule has 2 aliphatic rings. The van der Waals surface area contributed by atoms with Crippen LogP contribution in [0.15, 0.2) is 48.2 Å². The third-order valence-corrected chi connectivity index (χ3v) is 5.02. The number of nitro benzene ring substituents is 1. The molecule has 0 spiro atoms. The van der Waals surface area contributed by atoms with Crippen LogP contribution in [0.1, 0.15) is 11.6 Å². The van der Waals surface area contributed by atoms with E-state index in [1.807, 2.05) is 0 Å². The molecule has 7 nitrogen and oxygen atoms in total. The summed E-state index contributed by atoms with van der Waals surface area (Å²) in [7, 11) is 0. The van der Waals surface area contributed by atoms with Crippen LogP contribution in [0.3, 0.4) is 0 Å². The standard InChI is InChI=1S/C20H18ClFN2O5/c21-13-11-16-19(23-6-9-27-10-7-23)18(29-20(16)17(12-13)24(25)26)5-8-28-15-3-1-14(22)2-4-15/h1-5,11-12,19H,6-10H2. The van der Waals surface area contributed by atoms with Gasteiger partial charge in [-0.1, -0.05) is 11.6 Å². The summed E-state index contributed by atoms with van der Waals surface area (Å²) >= 11 is 6.14. The highest BCUT2D eigenvalue weighted by Crippen LogP contribution is 2.49. The van der Waals surface area contributed by atoms with Crippen molar-refractivity contribution in [2.75, 3.05) is 32.9 Å². The Morgan fingerprint density at radius 3 is 2.69 bits per heavy atom. The minimum atomic E-state index is -0.501. The number of rotatable bonds is 5. The maximum Gasteiger partial charge on any atom is 0.313 e. The molecule has 0 radical (unpaired) electrons. The Kier molecular flexibility index (Phi) is 5.66. The van der Waals surface area contributed by atoms with E-state index in [1.165, 1.54) is 30.3 Å². The largest absolute Gasteiger partial charge is 0.489 e. The Labute approximate surface area is 171 Å². The summed E-state index contributed by atoms with van der Waals surface area (Å²) in [6.45, 7) is 2.60. The van der Waals surface area contributed by atoms with Gasteiger partial charge >= 0.3 is 5.69 Å². The lowest BCUT2D eigenvalue weighted by atomic mass is 10.0. The van der Waals surface area contributed by atoms with E-state index < -0.39 is 4.92 Å². The van der Waals surface area contributed by atoms with Crippen molar-refractivity contribution in [3.8, 4) is 11.5 Å². The molecule has 2 heterocycles. The first-order valence-corrected chi connectivity index (χ1v) is 9.46. The van der Waals surface area contributed by atoms with E-state index in [4.69, 9.17) is 25.8 Å². The van der Waals surface area contributed by atoms with Gasteiger partial charge in [0.1, 0.15) is 23.9 Å². The number of nitro groups is 1. The number of hydrogen-bond donors (Lipinski definition) is 0. The average Bonchev–Trinajstić information content (AvgIpc) is 3.07. The molecule has 1 fully saturated rings. The molecule has 2 aromatic carbocycles. The van der Waals surface area contributed by atoms with E-state index in [0.29, 0.717) is 43.4 Å². The number of morpholine rings is 1. The lowest BCUT2D eigenvalue weighted by Crippen LogP contribution is -2.39. The van der Waals surface area contributed by atoms with E-state index in [1.54, 1.807) is 12.1 Å². The van der Waals surface area contributed by atoms with Gasteiger partial charge in [0, 0.05) is 29.7 Å². The molecule has 4 rings (SSSR count). The van der Waals surface area contributed by atoms with Gasteiger partial charge in [-0.3, -0.25) is 15.0 Å². The highest BCUT2D eigenvalue weighted by molar-refractivity contribution is 6.31. The quantitative estimate of drug-likeness (QED) is 0.535. The van der Waals surface area contributed by atoms with Crippen molar-refractivity contribution in [3.05, 3.63) is 74.8 Å². The molecule has 2 aliphatic heterocycles. The van der Waals surface area contributed by atoms with Crippen LogP contribution in [0.4, 0.5) is 10.1 Å². The topological polar surface area (TPSA) is 74.1 Å². The molecule has 0 aromatic heterocycles. The van der Waals surface area contributed by atoms with E-state index >= 15 is 0 Å². The zero-order valence-corrected chi connectivity index (χ0v) is 16.1. The van der Waals surface area contributed by atoms with Crippen molar-refractivity contribution in [2.24, 2.45) is 0 Å². The van der Waals surface area contributed by atoms with Crippen molar-refractivity contribution in [2.45, 2.75) is 6.04 Å². The molecule has 1 saturated heterocycles. The van der Waals surface area contributed by atoms with Gasteiger partial charge in [-0.25, -0.2) is 4.39 Å². The summed E-state index contributed by atoms with van der Waals surface area (Å²) in [6.07, 6.45) is 1.74. The van der Waals surface area contributed by atoms with Gasteiger partial charge in [-0.05, 0) is 36.4 Å². The van der Waals surface area contributed by atoms with E-state index in [9.17, 15) is 14.5 Å². The molecule has 152 valence electrons. The smallest absolute Gasteiger partial charge is 0.313 e. The van der Waals surface area contributed by atoms with Crippen molar-refractivity contribution in [1.29, 1.82) is 0 Å². The third kappa shape index (κ3) is 4.19. The van der Waals surface area contributed by atoms with Gasteiger partial charge in [0.25, 0.3) is 0 Å². The molecule has 1 unspecified atom stereocenters. The second-order valence-corrected chi connectivity index (χ2v) is 7.06. The zero-order valence-electron chi connectivity index (χ0n) is 15.3. The normalized spacial score (nSPS) is 20.3. The summed E-state index contributed by atoms with van der Waals surface area (Å²) in [5.41, 5.74) is 0.479. The fourth-order valence-electron chi connectivity index (χ4n) is 3.49. The molecule has 0 N–H and O–H groups in total. The van der Waals surface area contributed by atoms with Crippen molar-refractivity contribution < 1.29 is 23.5 Å². The molecule has 0 bridgehead atoms. The van der Waals surface area contributed by atoms with Gasteiger partial charge in [0.2, 0.25) is 5.75 Å². The summed E-state index contributed by atoms with van der Waals surface area (Å²) in [4.78, 5) is 13.1. The van der Waals surface area contributed by atoms with Crippen molar-refractivity contribution in [3.63, 3.8) is 0 Å². The molecule has 29 heavy (non-hydrogen) atoms. The van der Waals surface area contributed by atoms with Crippen LogP contribution in [0.25, 0.3) is 0 Å². The number of benzene rings is 2. The molecule has 9 heteroatoms. The second-order valence-electron chi connectivity index (χ2n) is 6.62. The van der Waals surface area contributed by atoms with Gasteiger partial charge < -0.3 is 14.2 Å². The third-order valence-electron chi connectivity index (χ3n) is 4.80. The number of halogens is 2. The first kappa shape index (κ1) is 19.6. The summed E-state index contributed by atoms with van der Waals surface area (Å²) in [5, 5.41) is 11.8. The molecule has 0 saturated carbocycles. The van der Waals surface area contributed by atoms with Crippen LogP contribution < -0.4 is 9.47 Å². The van der Waals surface area contributed by atoms with Crippen LogP contribution in [0, 0.1) is 15.9 Å². The predicted molar refractivity (Wildman–Crippen MR) is 104 cm³/mol. The highest BCUT2D eigenvalue weighted by Gasteiger charge is 2.39. The van der Waals surface area contributed by atoms with Crippen LogP contribution in [0.2, 0.25) is 5.02 Å². The lowest BCUT2D eigenvalue weighted by Gasteiger charge is -2.32. The molecular weight excluding hydrogens is 403 g/mol. The maximum absolute atomic E-state index is 13.0. The Bertz CT molecular complexity index is 945. The number of ether oxygens (including phenoxy) is 3. The first-order valence-electron chi connectivity index (χ1n) is 9.09. The van der Waals surface area contributed by atoms with Gasteiger partial charge in [0.15, 0.2) is 0 Å². The summed E-state index contributed by atoms with van der Waals surface area (Å²) in [5.74, 6) is 0.899. The van der Waals surface area contributed by atoms with Gasteiger partial charge in [-0.2, -0.15) is 0 Å². The number of nitrogens with zero attached hydrogens (tertiary/aromatic N) is 2. The van der Waals surface area contributed by atoms with E-state index in [-0.39, 0.29) is 34.9 Å². The molecule has 0 aliphatic carbocycles. The average molecular weight is 421 g/mol. The minimum Gasteiger partial charge on any atom is -0.489 e. The number of fused-ring (bicyclic) bond motifs is 1. The van der Waals surface area contributed by atoms with Crippen LogP contribution in [0.5, 0.6) is 11.5 Å². The Hall–Kier alpha value is -2.68. The summed E-state index contributed by atoms with van der Waals surface area (Å²) in [6, 6.07) is 8.35. The Morgan fingerprint density at radius 2 is 2.00 bits per heavy atom. The zero-order chi connectivity index (χ0) is 20.4. The second kappa shape index (κ2) is 8.36. The highest BCUT2D eigenvalue weighted by atomic mass is 35.5. The van der Waals surface area contributed by atoms with E-state index in [2.05, 4.69) is 4.90 Å². The first-order chi connectivity index (χ1) is 14.0. The molecule has 2 aromatic rings. The lowest BCUT2D eigenvalue weighted by molar-refractivity contribution is -0.385.